The number of amides is 1. The van der Waals surface area contributed by atoms with Crippen molar-refractivity contribution in [2.45, 2.75) is 43.1 Å². The molecule has 1 fully saturated rings. The second-order valence-electron chi connectivity index (χ2n) is 6.00. The normalized spacial score (nSPS) is 23.5. The van der Waals surface area contributed by atoms with Crippen molar-refractivity contribution >= 4 is 29.3 Å². The van der Waals surface area contributed by atoms with Crippen molar-refractivity contribution in [1.29, 1.82) is 0 Å². The van der Waals surface area contributed by atoms with E-state index in [2.05, 4.69) is 24.1 Å². The quantitative estimate of drug-likeness (QED) is 0.795. The van der Waals surface area contributed by atoms with Gasteiger partial charge in [-0.15, -0.1) is 11.8 Å². The zero-order valence-electron chi connectivity index (χ0n) is 13.9. The molecule has 0 radical (unpaired) electrons. The fourth-order valence-electron chi connectivity index (χ4n) is 2.73. The standard InChI is InChI=1S/C17H25ClN2O2S/c1-12-10-20(11-13(2)22-12)9-8-19-17(21)14(3)23-16-7-5-4-6-15(16)18/h4-7,12-14H,8-11H2,1-3H3,(H,19,21). The molecule has 1 aromatic carbocycles. The average molecular weight is 357 g/mol. The first kappa shape index (κ1) is 18.6. The van der Waals surface area contributed by atoms with Gasteiger partial charge in [0.15, 0.2) is 0 Å². The molecule has 128 valence electrons. The summed E-state index contributed by atoms with van der Waals surface area (Å²) in [5.41, 5.74) is 0. The molecule has 1 aromatic rings. The molecule has 0 bridgehead atoms. The van der Waals surface area contributed by atoms with Crippen LogP contribution in [0.4, 0.5) is 0 Å². The molecule has 0 aromatic heterocycles. The molecule has 1 aliphatic heterocycles. The van der Waals surface area contributed by atoms with Gasteiger partial charge in [0.1, 0.15) is 0 Å². The smallest absolute Gasteiger partial charge is 0.233 e. The summed E-state index contributed by atoms with van der Waals surface area (Å²) in [6.07, 6.45) is 0.508. The summed E-state index contributed by atoms with van der Waals surface area (Å²) >= 11 is 7.62. The number of hydrogen-bond donors (Lipinski definition) is 1. The highest BCUT2D eigenvalue weighted by Crippen LogP contribution is 2.29. The lowest BCUT2D eigenvalue weighted by Crippen LogP contribution is -2.48. The van der Waals surface area contributed by atoms with E-state index in [1.807, 2.05) is 31.2 Å². The van der Waals surface area contributed by atoms with Gasteiger partial charge in [-0.1, -0.05) is 23.7 Å². The Morgan fingerprint density at radius 1 is 1.39 bits per heavy atom. The Hall–Kier alpha value is -0.750. The van der Waals surface area contributed by atoms with Gasteiger partial charge in [0, 0.05) is 31.1 Å². The Balaban J connectivity index is 1.73. The molecule has 3 unspecified atom stereocenters. The molecule has 6 heteroatoms. The van der Waals surface area contributed by atoms with Gasteiger partial charge >= 0.3 is 0 Å². The summed E-state index contributed by atoms with van der Waals surface area (Å²) in [4.78, 5) is 15.5. The highest BCUT2D eigenvalue weighted by atomic mass is 35.5. The van der Waals surface area contributed by atoms with Crippen LogP contribution in [0, 0.1) is 0 Å². The van der Waals surface area contributed by atoms with Crippen molar-refractivity contribution < 1.29 is 9.53 Å². The topological polar surface area (TPSA) is 41.6 Å². The number of benzene rings is 1. The van der Waals surface area contributed by atoms with Gasteiger partial charge in [-0.2, -0.15) is 0 Å². The Bertz CT molecular complexity index is 519. The number of hydrogen-bond acceptors (Lipinski definition) is 4. The molecule has 0 aliphatic carbocycles. The lowest BCUT2D eigenvalue weighted by Gasteiger charge is -2.35. The number of carbonyl (C=O) groups excluding carboxylic acids is 1. The summed E-state index contributed by atoms with van der Waals surface area (Å²) in [6.45, 7) is 9.43. The minimum Gasteiger partial charge on any atom is -0.373 e. The van der Waals surface area contributed by atoms with Gasteiger partial charge < -0.3 is 10.1 Å². The van der Waals surface area contributed by atoms with Crippen molar-refractivity contribution in [3.8, 4) is 0 Å². The minimum atomic E-state index is -0.169. The van der Waals surface area contributed by atoms with E-state index in [4.69, 9.17) is 16.3 Å². The number of halogens is 1. The molecule has 4 nitrogen and oxygen atoms in total. The van der Waals surface area contributed by atoms with Crippen molar-refractivity contribution in [2.75, 3.05) is 26.2 Å². The maximum atomic E-state index is 12.2. The van der Waals surface area contributed by atoms with Crippen molar-refractivity contribution in [3.63, 3.8) is 0 Å². The molecule has 1 N–H and O–H groups in total. The van der Waals surface area contributed by atoms with E-state index in [-0.39, 0.29) is 23.4 Å². The average Bonchev–Trinajstić information content (AvgIpc) is 2.48. The van der Waals surface area contributed by atoms with Gasteiger partial charge in [0.2, 0.25) is 5.91 Å². The largest absolute Gasteiger partial charge is 0.373 e. The van der Waals surface area contributed by atoms with Crippen LogP contribution in [-0.2, 0) is 9.53 Å². The van der Waals surface area contributed by atoms with Crippen LogP contribution in [0.2, 0.25) is 5.02 Å². The lowest BCUT2D eigenvalue weighted by atomic mass is 10.2. The predicted octanol–water partition coefficient (Wildman–Crippen LogP) is 3.05. The van der Waals surface area contributed by atoms with E-state index in [1.54, 1.807) is 0 Å². The van der Waals surface area contributed by atoms with Crippen LogP contribution < -0.4 is 5.32 Å². The van der Waals surface area contributed by atoms with Crippen molar-refractivity contribution in [2.24, 2.45) is 0 Å². The molecule has 23 heavy (non-hydrogen) atoms. The van der Waals surface area contributed by atoms with E-state index in [9.17, 15) is 4.79 Å². The molecule has 1 amide bonds. The monoisotopic (exact) mass is 356 g/mol. The molecule has 1 saturated heterocycles. The van der Waals surface area contributed by atoms with Gasteiger partial charge in [-0.3, -0.25) is 9.69 Å². The Morgan fingerprint density at radius 2 is 2.04 bits per heavy atom. The van der Waals surface area contributed by atoms with Crippen LogP contribution in [0.5, 0.6) is 0 Å². The molecular formula is C17H25ClN2O2S. The van der Waals surface area contributed by atoms with E-state index in [1.165, 1.54) is 11.8 Å². The Labute approximate surface area is 147 Å². The van der Waals surface area contributed by atoms with Crippen LogP contribution in [0.15, 0.2) is 29.2 Å². The number of nitrogens with zero attached hydrogens (tertiary/aromatic N) is 1. The van der Waals surface area contributed by atoms with Crippen LogP contribution in [-0.4, -0.2) is 54.4 Å². The van der Waals surface area contributed by atoms with Gasteiger partial charge in [0.05, 0.1) is 22.5 Å². The van der Waals surface area contributed by atoms with Gasteiger partial charge in [-0.25, -0.2) is 0 Å². The minimum absolute atomic E-state index is 0.0456. The van der Waals surface area contributed by atoms with Crippen LogP contribution in [0.25, 0.3) is 0 Å². The second-order valence-corrected chi connectivity index (χ2v) is 7.79. The number of nitrogens with one attached hydrogen (secondary N) is 1. The highest BCUT2D eigenvalue weighted by molar-refractivity contribution is 8.00. The van der Waals surface area contributed by atoms with E-state index < -0.39 is 0 Å². The van der Waals surface area contributed by atoms with E-state index in [0.29, 0.717) is 11.6 Å². The molecule has 0 saturated carbocycles. The predicted molar refractivity (Wildman–Crippen MR) is 96.2 cm³/mol. The zero-order chi connectivity index (χ0) is 16.8. The third-order valence-corrected chi connectivity index (χ3v) is 5.35. The summed E-state index contributed by atoms with van der Waals surface area (Å²) in [7, 11) is 0. The van der Waals surface area contributed by atoms with E-state index in [0.717, 1.165) is 24.5 Å². The van der Waals surface area contributed by atoms with Crippen molar-refractivity contribution in [3.05, 3.63) is 29.3 Å². The second kappa shape index (κ2) is 8.92. The third-order valence-electron chi connectivity index (χ3n) is 3.73. The fourth-order valence-corrected chi connectivity index (χ4v) is 3.91. The molecule has 1 aliphatic rings. The number of carbonyl (C=O) groups is 1. The summed E-state index contributed by atoms with van der Waals surface area (Å²) in [5.74, 6) is 0.0456. The lowest BCUT2D eigenvalue weighted by molar-refractivity contribution is -0.120. The van der Waals surface area contributed by atoms with Crippen LogP contribution in [0.1, 0.15) is 20.8 Å². The molecule has 1 heterocycles. The molecular weight excluding hydrogens is 332 g/mol. The number of ether oxygens (including phenoxy) is 1. The molecule has 2 rings (SSSR count). The summed E-state index contributed by atoms with van der Waals surface area (Å²) in [5, 5.41) is 3.53. The first-order valence-corrected chi connectivity index (χ1v) is 9.28. The first-order valence-electron chi connectivity index (χ1n) is 8.02. The fraction of sp³-hybridized carbons (Fsp3) is 0.588. The third kappa shape index (κ3) is 5.99. The Kier molecular flexibility index (Phi) is 7.21. The molecule has 3 atom stereocenters. The number of morpholine rings is 1. The maximum Gasteiger partial charge on any atom is 0.233 e. The number of thioether (sulfide) groups is 1. The van der Waals surface area contributed by atoms with Crippen LogP contribution >= 0.6 is 23.4 Å². The van der Waals surface area contributed by atoms with Gasteiger partial charge in [0.25, 0.3) is 0 Å². The molecule has 0 spiro atoms. The number of rotatable bonds is 6. The maximum absolute atomic E-state index is 12.2. The van der Waals surface area contributed by atoms with Crippen molar-refractivity contribution in [1.82, 2.24) is 10.2 Å². The summed E-state index contributed by atoms with van der Waals surface area (Å²) in [6, 6.07) is 7.60. The SMILES string of the molecule is CC1CN(CCNC(=O)C(C)Sc2ccccc2Cl)CC(C)O1. The Morgan fingerprint density at radius 3 is 2.70 bits per heavy atom. The van der Waals surface area contributed by atoms with Gasteiger partial charge in [-0.05, 0) is 32.9 Å². The van der Waals surface area contributed by atoms with E-state index >= 15 is 0 Å². The zero-order valence-corrected chi connectivity index (χ0v) is 15.5. The summed E-state index contributed by atoms with van der Waals surface area (Å²) < 4.78 is 5.71. The first-order chi connectivity index (χ1) is 11.0. The highest BCUT2D eigenvalue weighted by Gasteiger charge is 2.22. The van der Waals surface area contributed by atoms with Crippen LogP contribution in [0.3, 0.4) is 0 Å².